The van der Waals surface area contributed by atoms with Crippen molar-refractivity contribution in [2.75, 3.05) is 6.61 Å². The molecule has 0 saturated heterocycles. The van der Waals surface area contributed by atoms with Crippen molar-refractivity contribution in [3.8, 4) is 11.4 Å². The largest absolute Gasteiger partial charge is 0.493 e. The second-order valence-corrected chi connectivity index (χ2v) is 7.08. The first-order chi connectivity index (χ1) is 15.0. The lowest BCUT2D eigenvalue weighted by Gasteiger charge is -2.07. The minimum atomic E-state index is -1.11. The quantitative estimate of drug-likeness (QED) is 0.464. The third kappa shape index (κ3) is 4.80. The highest BCUT2D eigenvalue weighted by Gasteiger charge is 2.19. The van der Waals surface area contributed by atoms with Crippen LogP contribution in [0, 0.1) is 13.8 Å². The van der Waals surface area contributed by atoms with Gasteiger partial charge >= 0.3 is 5.97 Å². The molecule has 0 saturated carbocycles. The first-order valence-electron chi connectivity index (χ1n) is 9.89. The molecule has 0 unspecified atom stereocenters. The summed E-state index contributed by atoms with van der Waals surface area (Å²) < 4.78 is 11.3. The molecular weight excluding hydrogens is 396 g/mol. The fourth-order valence-corrected chi connectivity index (χ4v) is 3.31. The van der Waals surface area contributed by atoms with Crippen LogP contribution in [0.1, 0.15) is 39.1 Å². The maximum atomic E-state index is 11.7. The summed E-state index contributed by atoms with van der Waals surface area (Å²) in [7, 11) is 0. The van der Waals surface area contributed by atoms with E-state index in [1.165, 1.54) is 4.80 Å². The van der Waals surface area contributed by atoms with E-state index in [9.17, 15) is 9.90 Å². The summed E-state index contributed by atoms with van der Waals surface area (Å²) in [5.74, 6) is 1.04. The Morgan fingerprint density at radius 1 is 1.06 bits per heavy atom. The number of carbonyl (C=O) groups is 1. The van der Waals surface area contributed by atoms with E-state index in [-0.39, 0.29) is 5.69 Å². The second kappa shape index (κ2) is 8.83. The zero-order chi connectivity index (χ0) is 21.8. The Kier molecular flexibility index (Phi) is 5.79. The predicted molar refractivity (Wildman–Crippen MR) is 113 cm³/mol. The maximum Gasteiger partial charge on any atom is 0.358 e. The number of aromatic carboxylic acids is 1. The van der Waals surface area contributed by atoms with Crippen molar-refractivity contribution >= 4 is 5.97 Å². The maximum absolute atomic E-state index is 11.7. The van der Waals surface area contributed by atoms with Crippen molar-refractivity contribution in [3.05, 3.63) is 88.9 Å². The van der Waals surface area contributed by atoms with Gasteiger partial charge in [0.1, 0.15) is 17.2 Å². The van der Waals surface area contributed by atoms with E-state index in [0.717, 1.165) is 17.0 Å². The fourth-order valence-electron chi connectivity index (χ4n) is 3.31. The molecule has 8 nitrogen and oxygen atoms in total. The van der Waals surface area contributed by atoms with Crippen molar-refractivity contribution < 1.29 is 19.1 Å². The van der Waals surface area contributed by atoms with Gasteiger partial charge in [-0.2, -0.15) is 9.90 Å². The normalized spacial score (nSPS) is 10.9. The van der Waals surface area contributed by atoms with Gasteiger partial charge in [0.2, 0.25) is 0 Å². The number of carboxylic acid groups (broad SMARTS) is 1. The Labute approximate surface area is 179 Å². The Balaban J connectivity index is 1.47. The number of aryl methyl sites for hydroxylation is 2. The average molecular weight is 418 g/mol. The molecular formula is C23H22N4O4. The molecule has 4 rings (SSSR count). The Morgan fingerprint density at radius 2 is 1.87 bits per heavy atom. The van der Waals surface area contributed by atoms with Crippen molar-refractivity contribution in [1.29, 1.82) is 0 Å². The summed E-state index contributed by atoms with van der Waals surface area (Å²) >= 11 is 0. The number of benzene rings is 2. The molecule has 0 spiro atoms. The molecule has 2 aromatic heterocycles. The number of carboxylic acids is 1. The number of aromatic nitrogens is 4. The Bertz CT molecular complexity index is 1200. The lowest BCUT2D eigenvalue weighted by atomic mass is 10.1. The van der Waals surface area contributed by atoms with Crippen LogP contribution >= 0.6 is 0 Å². The van der Waals surface area contributed by atoms with Gasteiger partial charge in [0.25, 0.3) is 0 Å². The number of hydrogen-bond donors (Lipinski definition) is 1. The van der Waals surface area contributed by atoms with Gasteiger partial charge in [-0.05, 0) is 36.8 Å². The Hall–Kier alpha value is -3.94. The highest BCUT2D eigenvalue weighted by atomic mass is 16.5. The van der Waals surface area contributed by atoms with Crippen LogP contribution in [-0.2, 0) is 12.8 Å². The minimum Gasteiger partial charge on any atom is -0.493 e. The van der Waals surface area contributed by atoms with Crippen LogP contribution in [0.3, 0.4) is 0 Å². The first kappa shape index (κ1) is 20.3. The van der Waals surface area contributed by atoms with Gasteiger partial charge in [0.05, 0.1) is 18.0 Å². The summed E-state index contributed by atoms with van der Waals surface area (Å²) in [6.07, 6.45) is 0.967. The number of rotatable bonds is 8. The highest BCUT2D eigenvalue weighted by Crippen LogP contribution is 2.19. The molecule has 4 aromatic rings. The summed E-state index contributed by atoms with van der Waals surface area (Å²) in [6.45, 7) is 4.17. The van der Waals surface area contributed by atoms with Crippen LogP contribution in [0.15, 0.2) is 59.0 Å². The molecule has 1 N–H and O–H groups in total. The predicted octanol–water partition coefficient (Wildman–Crippen LogP) is 3.78. The van der Waals surface area contributed by atoms with E-state index in [1.54, 1.807) is 0 Å². The SMILES string of the molecule is Cc1nc(CCOc2cccc(Cc3nn(-c4ccccc4)nc3C(=O)O)c2)c(C)o1. The average Bonchev–Trinajstić information content (AvgIpc) is 3.32. The van der Waals surface area contributed by atoms with E-state index in [0.29, 0.717) is 42.5 Å². The van der Waals surface area contributed by atoms with E-state index >= 15 is 0 Å². The highest BCUT2D eigenvalue weighted by molar-refractivity contribution is 5.86. The first-order valence-corrected chi connectivity index (χ1v) is 9.89. The van der Waals surface area contributed by atoms with E-state index in [1.807, 2.05) is 68.4 Å². The number of oxazole rings is 1. The van der Waals surface area contributed by atoms with E-state index in [4.69, 9.17) is 9.15 Å². The van der Waals surface area contributed by atoms with Crippen LogP contribution < -0.4 is 4.74 Å². The van der Waals surface area contributed by atoms with Gasteiger partial charge in [0, 0.05) is 19.8 Å². The number of ether oxygens (including phenoxy) is 1. The zero-order valence-electron chi connectivity index (χ0n) is 17.3. The molecule has 0 bridgehead atoms. The molecule has 0 radical (unpaired) electrons. The van der Waals surface area contributed by atoms with E-state index in [2.05, 4.69) is 15.2 Å². The third-order valence-corrected chi connectivity index (χ3v) is 4.75. The molecule has 2 aromatic carbocycles. The van der Waals surface area contributed by atoms with Crippen molar-refractivity contribution in [2.24, 2.45) is 0 Å². The van der Waals surface area contributed by atoms with Crippen LogP contribution in [0.25, 0.3) is 5.69 Å². The summed E-state index contributed by atoms with van der Waals surface area (Å²) in [5.41, 5.74) is 2.80. The monoisotopic (exact) mass is 418 g/mol. The smallest absolute Gasteiger partial charge is 0.358 e. The second-order valence-electron chi connectivity index (χ2n) is 7.08. The fraction of sp³-hybridized carbons (Fsp3) is 0.217. The molecule has 0 aliphatic heterocycles. The van der Waals surface area contributed by atoms with Crippen LogP contribution in [0.2, 0.25) is 0 Å². The Morgan fingerprint density at radius 3 is 2.58 bits per heavy atom. The van der Waals surface area contributed by atoms with Crippen molar-refractivity contribution in [1.82, 2.24) is 20.0 Å². The molecule has 158 valence electrons. The summed E-state index contributed by atoms with van der Waals surface area (Å²) in [6, 6.07) is 16.7. The van der Waals surface area contributed by atoms with E-state index < -0.39 is 5.97 Å². The van der Waals surface area contributed by atoms with Crippen molar-refractivity contribution in [3.63, 3.8) is 0 Å². The third-order valence-electron chi connectivity index (χ3n) is 4.75. The molecule has 8 heteroatoms. The summed E-state index contributed by atoms with van der Waals surface area (Å²) in [4.78, 5) is 17.4. The number of nitrogens with zero attached hydrogens (tertiary/aromatic N) is 4. The topological polar surface area (TPSA) is 103 Å². The molecule has 0 amide bonds. The van der Waals surface area contributed by atoms with Crippen LogP contribution in [0.5, 0.6) is 5.75 Å². The van der Waals surface area contributed by atoms with Gasteiger partial charge in [-0.3, -0.25) is 0 Å². The van der Waals surface area contributed by atoms with Gasteiger partial charge < -0.3 is 14.3 Å². The molecule has 31 heavy (non-hydrogen) atoms. The zero-order valence-corrected chi connectivity index (χ0v) is 17.3. The number of para-hydroxylation sites is 1. The van der Waals surface area contributed by atoms with Crippen LogP contribution in [-0.4, -0.2) is 37.7 Å². The molecule has 0 fully saturated rings. The molecule has 2 heterocycles. The molecule has 0 aliphatic carbocycles. The van der Waals surface area contributed by atoms with Crippen molar-refractivity contribution in [2.45, 2.75) is 26.7 Å². The lowest BCUT2D eigenvalue weighted by molar-refractivity contribution is 0.0689. The van der Waals surface area contributed by atoms with Gasteiger partial charge in [0.15, 0.2) is 11.6 Å². The minimum absolute atomic E-state index is 0.0629. The molecule has 0 aliphatic rings. The van der Waals surface area contributed by atoms with Gasteiger partial charge in [-0.25, -0.2) is 9.78 Å². The molecule has 0 atom stereocenters. The lowest BCUT2D eigenvalue weighted by Crippen LogP contribution is -2.04. The van der Waals surface area contributed by atoms with Crippen LogP contribution in [0.4, 0.5) is 0 Å². The standard InChI is InChI=1S/C23H22N4O4/c1-15-20(24-16(2)31-15)11-12-30-19-10-6-7-17(13-19)14-21-22(23(28)29)26-27(25-21)18-8-4-3-5-9-18/h3-10,13H,11-12,14H2,1-2H3,(H,28,29). The summed E-state index contributed by atoms with van der Waals surface area (Å²) in [5, 5.41) is 18.1. The number of hydrogen-bond acceptors (Lipinski definition) is 6. The van der Waals surface area contributed by atoms with Gasteiger partial charge in [-0.15, -0.1) is 5.10 Å². The van der Waals surface area contributed by atoms with Gasteiger partial charge in [-0.1, -0.05) is 30.3 Å².